The molecular formula is C15H20Br2N2O2. The zero-order valence-corrected chi connectivity index (χ0v) is 15.5. The fraction of sp³-hybridized carbons (Fsp3) is 0.533. The predicted molar refractivity (Wildman–Crippen MR) is 91.9 cm³/mol. The van der Waals surface area contributed by atoms with Gasteiger partial charge in [0.25, 0.3) is 0 Å². The van der Waals surface area contributed by atoms with E-state index in [9.17, 15) is 4.79 Å². The molecule has 1 aliphatic heterocycles. The normalized spacial score (nSPS) is 16.5. The van der Waals surface area contributed by atoms with Crippen molar-refractivity contribution in [1.82, 2.24) is 4.90 Å². The molecule has 1 heterocycles. The molecule has 0 spiro atoms. The van der Waals surface area contributed by atoms with Crippen LogP contribution in [0.4, 0.5) is 5.69 Å². The number of hydrogen-bond donors (Lipinski definition) is 1. The first-order valence-electron chi connectivity index (χ1n) is 7.11. The molecule has 1 saturated heterocycles. The molecule has 1 aromatic carbocycles. The van der Waals surface area contributed by atoms with Crippen LogP contribution < -0.4 is 10.1 Å². The Morgan fingerprint density at radius 3 is 2.52 bits per heavy atom. The third-order valence-corrected chi connectivity index (χ3v) is 4.93. The molecule has 4 nitrogen and oxygen atoms in total. The molecule has 0 aromatic heterocycles. The van der Waals surface area contributed by atoms with Crippen molar-refractivity contribution in [1.29, 1.82) is 0 Å². The second-order valence-electron chi connectivity index (χ2n) is 5.22. The van der Waals surface area contributed by atoms with Crippen LogP contribution in [-0.4, -0.2) is 37.0 Å². The Morgan fingerprint density at radius 1 is 1.24 bits per heavy atom. The smallest absolute Gasteiger partial charge is 0.244 e. The van der Waals surface area contributed by atoms with Crippen LogP contribution in [0.3, 0.4) is 0 Å². The summed E-state index contributed by atoms with van der Waals surface area (Å²) in [5.41, 5.74) is 0.855. The van der Waals surface area contributed by atoms with Gasteiger partial charge in [0.1, 0.15) is 11.8 Å². The Hall–Kier alpha value is -0.750. The minimum atomic E-state index is -0.259. The van der Waals surface area contributed by atoms with Gasteiger partial charge in [-0.2, -0.15) is 0 Å². The van der Waals surface area contributed by atoms with Crippen LogP contribution in [0.1, 0.15) is 26.2 Å². The van der Waals surface area contributed by atoms with Crippen LogP contribution in [0.2, 0.25) is 0 Å². The van der Waals surface area contributed by atoms with Crippen molar-refractivity contribution in [3.8, 4) is 5.75 Å². The van der Waals surface area contributed by atoms with Crippen molar-refractivity contribution in [3.05, 3.63) is 21.1 Å². The van der Waals surface area contributed by atoms with Gasteiger partial charge >= 0.3 is 0 Å². The summed E-state index contributed by atoms with van der Waals surface area (Å²) in [5.74, 6) is 0.891. The van der Waals surface area contributed by atoms with E-state index in [0.717, 1.165) is 46.3 Å². The first kappa shape index (κ1) is 16.6. The minimum absolute atomic E-state index is 0.156. The second kappa shape index (κ2) is 7.49. The maximum atomic E-state index is 12.4. The van der Waals surface area contributed by atoms with Crippen molar-refractivity contribution in [3.63, 3.8) is 0 Å². The summed E-state index contributed by atoms with van der Waals surface area (Å²) in [6.07, 6.45) is 3.43. The third-order valence-electron chi connectivity index (χ3n) is 3.65. The topological polar surface area (TPSA) is 41.6 Å². The van der Waals surface area contributed by atoms with E-state index in [-0.39, 0.29) is 11.9 Å². The van der Waals surface area contributed by atoms with Crippen molar-refractivity contribution >= 4 is 43.5 Å². The van der Waals surface area contributed by atoms with E-state index in [0.29, 0.717) is 0 Å². The number of nitrogens with zero attached hydrogens (tertiary/aromatic N) is 1. The molecule has 116 valence electrons. The van der Waals surface area contributed by atoms with Crippen LogP contribution >= 0.6 is 31.9 Å². The number of carbonyl (C=O) groups excluding carboxylic acids is 1. The maximum absolute atomic E-state index is 12.4. The number of rotatable bonds is 4. The van der Waals surface area contributed by atoms with Gasteiger partial charge in [-0.3, -0.25) is 4.79 Å². The Bertz CT molecular complexity index is 517. The number of methoxy groups -OCH3 is 1. The lowest BCUT2D eigenvalue weighted by Gasteiger charge is -2.30. The van der Waals surface area contributed by atoms with Gasteiger partial charge in [0.05, 0.1) is 17.3 Å². The zero-order valence-electron chi connectivity index (χ0n) is 12.3. The molecule has 6 heteroatoms. The lowest BCUT2D eigenvalue weighted by Crippen LogP contribution is -2.43. The molecular weight excluding hydrogens is 400 g/mol. The third kappa shape index (κ3) is 4.13. The average molecular weight is 420 g/mol. The number of ether oxygens (including phenoxy) is 1. The molecule has 1 amide bonds. The van der Waals surface area contributed by atoms with Crippen LogP contribution in [0.5, 0.6) is 5.75 Å². The number of piperidine rings is 1. The number of anilines is 1. The molecule has 1 N–H and O–H groups in total. The van der Waals surface area contributed by atoms with E-state index in [1.54, 1.807) is 7.11 Å². The second-order valence-corrected chi connectivity index (χ2v) is 6.93. The molecule has 1 fully saturated rings. The highest BCUT2D eigenvalue weighted by Crippen LogP contribution is 2.34. The number of halogens is 2. The van der Waals surface area contributed by atoms with E-state index < -0.39 is 0 Å². The van der Waals surface area contributed by atoms with Gasteiger partial charge < -0.3 is 15.0 Å². The Morgan fingerprint density at radius 2 is 1.90 bits per heavy atom. The number of carbonyl (C=O) groups is 1. The summed E-state index contributed by atoms with van der Waals surface area (Å²) in [6.45, 7) is 3.64. The predicted octanol–water partition coefficient (Wildman–Crippen LogP) is 4.03. The summed E-state index contributed by atoms with van der Waals surface area (Å²) in [4.78, 5) is 14.4. The fourth-order valence-corrected chi connectivity index (χ4v) is 3.75. The molecule has 0 saturated carbocycles. The van der Waals surface area contributed by atoms with Gasteiger partial charge in [-0.1, -0.05) is 0 Å². The van der Waals surface area contributed by atoms with Crippen molar-refractivity contribution in [2.24, 2.45) is 0 Å². The molecule has 1 aliphatic rings. The largest absolute Gasteiger partial charge is 0.495 e. The molecule has 1 unspecified atom stereocenters. The average Bonchev–Trinajstić information content (AvgIpc) is 2.50. The van der Waals surface area contributed by atoms with E-state index >= 15 is 0 Å². The van der Waals surface area contributed by atoms with Crippen LogP contribution in [0.25, 0.3) is 0 Å². The van der Waals surface area contributed by atoms with Gasteiger partial charge in [0.2, 0.25) is 5.91 Å². The van der Waals surface area contributed by atoms with Gasteiger partial charge in [-0.25, -0.2) is 0 Å². The highest BCUT2D eigenvalue weighted by molar-refractivity contribution is 9.11. The SMILES string of the molecule is COc1cc(NC(C)C(=O)N2CCCCC2)c(Br)cc1Br. The van der Waals surface area contributed by atoms with E-state index in [1.165, 1.54) is 6.42 Å². The monoisotopic (exact) mass is 418 g/mol. The molecule has 2 rings (SSSR count). The van der Waals surface area contributed by atoms with Crippen molar-refractivity contribution in [2.75, 3.05) is 25.5 Å². The van der Waals surface area contributed by atoms with Crippen molar-refractivity contribution < 1.29 is 9.53 Å². The van der Waals surface area contributed by atoms with E-state index in [2.05, 4.69) is 37.2 Å². The van der Waals surface area contributed by atoms with Crippen LogP contribution in [-0.2, 0) is 4.79 Å². The fourth-order valence-electron chi connectivity index (χ4n) is 2.48. The number of likely N-dealkylation sites (tertiary alicyclic amines) is 1. The van der Waals surface area contributed by atoms with Gasteiger partial charge in [-0.05, 0) is 64.1 Å². The minimum Gasteiger partial charge on any atom is -0.495 e. The first-order chi connectivity index (χ1) is 10.0. The van der Waals surface area contributed by atoms with Gasteiger partial charge in [-0.15, -0.1) is 0 Å². The molecule has 21 heavy (non-hydrogen) atoms. The number of hydrogen-bond acceptors (Lipinski definition) is 3. The standard InChI is InChI=1S/C15H20Br2N2O2/c1-10(15(20)19-6-4-3-5-7-19)18-13-9-14(21-2)12(17)8-11(13)16/h8-10,18H,3-7H2,1-2H3. The lowest BCUT2D eigenvalue weighted by molar-refractivity contribution is -0.132. The number of nitrogens with one attached hydrogen (secondary N) is 1. The highest BCUT2D eigenvalue weighted by Gasteiger charge is 2.22. The van der Waals surface area contributed by atoms with E-state index in [1.807, 2.05) is 24.0 Å². The maximum Gasteiger partial charge on any atom is 0.244 e. The molecule has 1 atom stereocenters. The highest BCUT2D eigenvalue weighted by atomic mass is 79.9. The van der Waals surface area contributed by atoms with E-state index in [4.69, 9.17) is 4.74 Å². The van der Waals surface area contributed by atoms with Gasteiger partial charge in [0.15, 0.2) is 0 Å². The quantitative estimate of drug-likeness (QED) is 0.800. The summed E-state index contributed by atoms with van der Waals surface area (Å²) in [6, 6.07) is 3.54. The number of amides is 1. The van der Waals surface area contributed by atoms with Crippen LogP contribution in [0.15, 0.2) is 21.1 Å². The Balaban J connectivity index is 2.08. The molecule has 0 aliphatic carbocycles. The Labute approximate surface area is 142 Å². The van der Waals surface area contributed by atoms with Crippen LogP contribution in [0, 0.1) is 0 Å². The van der Waals surface area contributed by atoms with Gasteiger partial charge in [0, 0.05) is 23.6 Å². The number of benzene rings is 1. The summed E-state index contributed by atoms with van der Waals surface area (Å²) >= 11 is 6.95. The molecule has 1 aromatic rings. The molecule has 0 radical (unpaired) electrons. The zero-order chi connectivity index (χ0) is 15.4. The summed E-state index contributed by atoms with van der Waals surface area (Å²) in [5, 5.41) is 3.27. The summed E-state index contributed by atoms with van der Waals surface area (Å²) < 4.78 is 7.07. The Kier molecular flexibility index (Phi) is 5.93. The lowest BCUT2D eigenvalue weighted by atomic mass is 10.1. The summed E-state index contributed by atoms with van der Waals surface area (Å²) in [7, 11) is 1.63. The first-order valence-corrected chi connectivity index (χ1v) is 8.70. The molecule has 0 bridgehead atoms. The van der Waals surface area contributed by atoms with Crippen molar-refractivity contribution in [2.45, 2.75) is 32.2 Å².